The van der Waals surface area contributed by atoms with Crippen molar-refractivity contribution in [3.8, 4) is 11.3 Å². The standard InChI is InChI=1S/C14H17N3/c1-17-8-7-14(16-17)13-9-11(15)5-6-12(13)10-3-2-4-10/h5-10H,2-4,15H2,1H3. The number of aromatic nitrogens is 2. The molecule has 2 N–H and O–H groups in total. The molecule has 1 aromatic heterocycles. The van der Waals surface area contributed by atoms with E-state index in [9.17, 15) is 0 Å². The Kier molecular flexibility index (Phi) is 2.39. The molecule has 1 aliphatic carbocycles. The van der Waals surface area contributed by atoms with Crippen LogP contribution in [-0.2, 0) is 7.05 Å². The molecule has 0 bridgehead atoms. The molecule has 2 aromatic rings. The molecule has 0 radical (unpaired) electrons. The zero-order valence-electron chi connectivity index (χ0n) is 10.1. The van der Waals surface area contributed by atoms with Gasteiger partial charge in [0.25, 0.3) is 0 Å². The van der Waals surface area contributed by atoms with Crippen LogP contribution in [-0.4, -0.2) is 9.78 Å². The number of anilines is 1. The first-order chi connectivity index (χ1) is 8.24. The number of nitrogen functional groups attached to an aromatic ring is 1. The van der Waals surface area contributed by atoms with E-state index in [0.717, 1.165) is 11.4 Å². The third kappa shape index (κ3) is 1.82. The Balaban J connectivity index is 2.09. The van der Waals surface area contributed by atoms with E-state index < -0.39 is 0 Å². The van der Waals surface area contributed by atoms with Crippen LogP contribution in [0.25, 0.3) is 11.3 Å². The Hall–Kier alpha value is -1.77. The minimum atomic E-state index is 0.701. The average Bonchev–Trinajstić information content (AvgIpc) is 2.65. The molecule has 1 heterocycles. The molecule has 17 heavy (non-hydrogen) atoms. The van der Waals surface area contributed by atoms with Crippen molar-refractivity contribution in [3.63, 3.8) is 0 Å². The predicted octanol–water partition coefficient (Wildman–Crippen LogP) is 2.94. The maximum Gasteiger partial charge on any atom is 0.0926 e. The SMILES string of the molecule is Cn1ccc(-c2cc(N)ccc2C2CCC2)n1. The second kappa shape index (κ2) is 3.91. The summed E-state index contributed by atoms with van der Waals surface area (Å²) in [6, 6.07) is 8.27. The van der Waals surface area contributed by atoms with Crippen LogP contribution in [0.1, 0.15) is 30.7 Å². The molecule has 88 valence electrons. The predicted molar refractivity (Wildman–Crippen MR) is 69.6 cm³/mol. The van der Waals surface area contributed by atoms with E-state index in [1.807, 2.05) is 24.0 Å². The lowest BCUT2D eigenvalue weighted by atomic mass is 9.77. The number of benzene rings is 1. The zero-order chi connectivity index (χ0) is 11.8. The van der Waals surface area contributed by atoms with Gasteiger partial charge in [0.1, 0.15) is 0 Å². The van der Waals surface area contributed by atoms with Crippen molar-refractivity contribution in [1.82, 2.24) is 9.78 Å². The van der Waals surface area contributed by atoms with E-state index in [1.54, 1.807) is 0 Å². The number of hydrogen-bond acceptors (Lipinski definition) is 2. The van der Waals surface area contributed by atoms with Crippen molar-refractivity contribution < 1.29 is 0 Å². The first-order valence-corrected chi connectivity index (χ1v) is 6.13. The summed E-state index contributed by atoms with van der Waals surface area (Å²) in [6.45, 7) is 0. The molecule has 1 aliphatic rings. The molecule has 0 aliphatic heterocycles. The summed E-state index contributed by atoms with van der Waals surface area (Å²) in [7, 11) is 1.94. The lowest BCUT2D eigenvalue weighted by Crippen LogP contribution is -2.10. The smallest absolute Gasteiger partial charge is 0.0926 e. The second-order valence-electron chi connectivity index (χ2n) is 4.85. The van der Waals surface area contributed by atoms with Crippen molar-refractivity contribution in [3.05, 3.63) is 36.0 Å². The molecule has 3 heteroatoms. The Labute approximate surface area is 101 Å². The van der Waals surface area contributed by atoms with Gasteiger partial charge in [-0.2, -0.15) is 5.10 Å². The van der Waals surface area contributed by atoms with Gasteiger partial charge in [-0.1, -0.05) is 12.5 Å². The molecule has 0 saturated heterocycles. The summed E-state index contributed by atoms with van der Waals surface area (Å²) in [4.78, 5) is 0. The quantitative estimate of drug-likeness (QED) is 0.802. The van der Waals surface area contributed by atoms with Crippen LogP contribution in [0.2, 0.25) is 0 Å². The van der Waals surface area contributed by atoms with Gasteiger partial charge in [-0.25, -0.2) is 0 Å². The largest absolute Gasteiger partial charge is 0.399 e. The Morgan fingerprint density at radius 2 is 2.12 bits per heavy atom. The molecule has 0 amide bonds. The molecule has 1 saturated carbocycles. The molecular formula is C14H17N3. The van der Waals surface area contributed by atoms with E-state index in [1.165, 1.54) is 30.4 Å². The van der Waals surface area contributed by atoms with E-state index in [-0.39, 0.29) is 0 Å². The van der Waals surface area contributed by atoms with E-state index in [2.05, 4.69) is 23.3 Å². The summed E-state index contributed by atoms with van der Waals surface area (Å²) in [6.07, 6.45) is 5.91. The van der Waals surface area contributed by atoms with Gasteiger partial charge < -0.3 is 5.73 Å². The molecule has 1 fully saturated rings. The maximum atomic E-state index is 5.90. The maximum absolute atomic E-state index is 5.90. The first-order valence-electron chi connectivity index (χ1n) is 6.13. The van der Waals surface area contributed by atoms with Crippen molar-refractivity contribution in [2.45, 2.75) is 25.2 Å². The molecule has 0 spiro atoms. The van der Waals surface area contributed by atoms with E-state index in [4.69, 9.17) is 5.73 Å². The number of rotatable bonds is 2. The van der Waals surface area contributed by atoms with Gasteiger partial charge in [0, 0.05) is 24.5 Å². The zero-order valence-corrected chi connectivity index (χ0v) is 10.1. The average molecular weight is 227 g/mol. The summed E-state index contributed by atoms with van der Waals surface area (Å²) < 4.78 is 1.84. The van der Waals surface area contributed by atoms with Crippen molar-refractivity contribution in [2.24, 2.45) is 7.05 Å². The number of nitrogens with zero attached hydrogens (tertiary/aromatic N) is 2. The summed E-state index contributed by atoms with van der Waals surface area (Å²) >= 11 is 0. The third-order valence-corrected chi connectivity index (χ3v) is 3.61. The fourth-order valence-corrected chi connectivity index (χ4v) is 2.43. The van der Waals surface area contributed by atoms with Crippen LogP contribution in [0.3, 0.4) is 0 Å². The van der Waals surface area contributed by atoms with Gasteiger partial charge in [-0.3, -0.25) is 4.68 Å². The molecule has 0 atom stereocenters. The fourth-order valence-electron chi connectivity index (χ4n) is 2.43. The topological polar surface area (TPSA) is 43.8 Å². The monoisotopic (exact) mass is 227 g/mol. The second-order valence-corrected chi connectivity index (χ2v) is 4.85. The third-order valence-electron chi connectivity index (χ3n) is 3.61. The lowest BCUT2D eigenvalue weighted by molar-refractivity contribution is 0.420. The van der Waals surface area contributed by atoms with Gasteiger partial charge in [0.2, 0.25) is 0 Å². The van der Waals surface area contributed by atoms with Crippen LogP contribution in [0.15, 0.2) is 30.5 Å². The summed E-state index contributed by atoms with van der Waals surface area (Å²) in [5.41, 5.74) is 10.4. The van der Waals surface area contributed by atoms with Crippen LogP contribution in [0, 0.1) is 0 Å². The highest BCUT2D eigenvalue weighted by Crippen LogP contribution is 2.41. The van der Waals surface area contributed by atoms with Crippen molar-refractivity contribution in [2.75, 3.05) is 5.73 Å². The summed E-state index contributed by atoms with van der Waals surface area (Å²) in [5.74, 6) is 0.701. The van der Waals surface area contributed by atoms with E-state index in [0.29, 0.717) is 5.92 Å². The molecule has 1 aromatic carbocycles. The van der Waals surface area contributed by atoms with Crippen LogP contribution in [0.4, 0.5) is 5.69 Å². The summed E-state index contributed by atoms with van der Waals surface area (Å²) in [5, 5.41) is 4.48. The highest BCUT2D eigenvalue weighted by Gasteiger charge is 2.23. The fraction of sp³-hybridized carbons (Fsp3) is 0.357. The van der Waals surface area contributed by atoms with Gasteiger partial charge in [-0.15, -0.1) is 0 Å². The highest BCUT2D eigenvalue weighted by atomic mass is 15.2. The minimum Gasteiger partial charge on any atom is -0.399 e. The Morgan fingerprint density at radius 3 is 2.71 bits per heavy atom. The molecule has 3 nitrogen and oxygen atoms in total. The first kappa shape index (κ1) is 10.4. The number of nitrogens with two attached hydrogens (primary N) is 1. The minimum absolute atomic E-state index is 0.701. The molecule has 0 unspecified atom stereocenters. The van der Waals surface area contributed by atoms with Crippen LogP contribution < -0.4 is 5.73 Å². The van der Waals surface area contributed by atoms with Gasteiger partial charge in [0.05, 0.1) is 5.69 Å². The van der Waals surface area contributed by atoms with Gasteiger partial charge in [0.15, 0.2) is 0 Å². The van der Waals surface area contributed by atoms with Crippen molar-refractivity contribution in [1.29, 1.82) is 0 Å². The molecule has 3 rings (SSSR count). The van der Waals surface area contributed by atoms with Crippen molar-refractivity contribution >= 4 is 5.69 Å². The Morgan fingerprint density at radius 1 is 1.29 bits per heavy atom. The van der Waals surface area contributed by atoms with E-state index >= 15 is 0 Å². The normalized spacial score (nSPS) is 15.8. The molecular weight excluding hydrogens is 210 g/mol. The Bertz CT molecular complexity index is 538. The van der Waals surface area contributed by atoms with Crippen LogP contribution in [0.5, 0.6) is 0 Å². The highest BCUT2D eigenvalue weighted by molar-refractivity contribution is 5.69. The van der Waals surface area contributed by atoms with Crippen LogP contribution >= 0.6 is 0 Å². The van der Waals surface area contributed by atoms with Gasteiger partial charge >= 0.3 is 0 Å². The van der Waals surface area contributed by atoms with Gasteiger partial charge in [-0.05, 0) is 42.5 Å². The lowest BCUT2D eigenvalue weighted by Gasteiger charge is -2.27. The number of aryl methyl sites for hydroxylation is 1. The number of hydrogen-bond donors (Lipinski definition) is 1.